The van der Waals surface area contributed by atoms with Gasteiger partial charge in [-0.2, -0.15) is 0 Å². The first-order valence-electron chi connectivity index (χ1n) is 5.53. The van der Waals surface area contributed by atoms with Crippen molar-refractivity contribution >= 4 is 11.8 Å². The molecule has 0 aromatic heterocycles. The van der Waals surface area contributed by atoms with Crippen LogP contribution in [0.2, 0.25) is 0 Å². The molecule has 1 aliphatic rings. The summed E-state index contributed by atoms with van der Waals surface area (Å²) in [5, 5.41) is 7.47. The molecule has 0 saturated carbocycles. The molecule has 0 aromatic carbocycles. The number of rotatable bonds is 1. The molecule has 4 heteroatoms. The van der Waals surface area contributed by atoms with Gasteiger partial charge in [-0.15, -0.1) is 0 Å². The average Bonchev–Trinajstić information content (AvgIpc) is 2.31. The Morgan fingerprint density at radius 2 is 1.80 bits per heavy atom. The molecule has 0 bridgehead atoms. The lowest BCUT2D eigenvalue weighted by Crippen LogP contribution is -2.39. The van der Waals surface area contributed by atoms with E-state index >= 15 is 0 Å². The molecule has 1 saturated heterocycles. The van der Waals surface area contributed by atoms with Crippen LogP contribution in [0.1, 0.15) is 33.6 Å². The molecule has 1 rings (SSSR count). The molecule has 0 radical (unpaired) electrons. The Morgan fingerprint density at radius 1 is 1.33 bits per heavy atom. The minimum atomic E-state index is -0.249. The molecule has 1 amide bonds. The van der Waals surface area contributed by atoms with Gasteiger partial charge in [0.1, 0.15) is 0 Å². The zero-order chi connectivity index (χ0) is 11.8. The molecule has 1 aliphatic heterocycles. The summed E-state index contributed by atoms with van der Waals surface area (Å²) < 4.78 is 4.62. The number of ether oxygens (including phenoxy) is 1. The molecule has 0 spiro atoms. The monoisotopic (exact) mass is 214 g/mol. The van der Waals surface area contributed by atoms with Gasteiger partial charge in [0.2, 0.25) is 0 Å². The maximum Gasteiger partial charge on any atom is 0.409 e. The predicted molar refractivity (Wildman–Crippen MR) is 61.5 cm³/mol. The minimum absolute atomic E-state index is 0.249. The Morgan fingerprint density at radius 3 is 2.13 bits per heavy atom. The molecule has 1 N–H and O–H groups in total. The first-order valence-corrected chi connectivity index (χ1v) is 5.53. The van der Waals surface area contributed by atoms with E-state index in [0.717, 1.165) is 18.6 Å². The summed E-state index contributed by atoms with van der Waals surface area (Å²) >= 11 is 0. The Bertz CT molecular complexity index is 209. The van der Waals surface area contributed by atoms with Crippen molar-refractivity contribution in [2.75, 3.05) is 20.2 Å². The van der Waals surface area contributed by atoms with Crippen LogP contribution >= 0.6 is 0 Å². The number of nitrogens with one attached hydrogen (secondary N) is 1. The molecule has 0 aromatic rings. The van der Waals surface area contributed by atoms with Gasteiger partial charge in [-0.1, -0.05) is 13.8 Å². The normalized spacial score (nSPS) is 16.4. The maximum absolute atomic E-state index is 11.1. The fourth-order valence-corrected chi connectivity index (χ4v) is 1.62. The number of carbonyl (C=O) groups excluding carboxylic acids is 1. The summed E-state index contributed by atoms with van der Waals surface area (Å²) in [6.07, 6.45) is 1.54. The third kappa shape index (κ3) is 4.32. The highest BCUT2D eigenvalue weighted by molar-refractivity contribution is 5.81. The fourth-order valence-electron chi connectivity index (χ4n) is 1.62. The van der Waals surface area contributed by atoms with Crippen LogP contribution in [0.15, 0.2) is 0 Å². The second kappa shape index (κ2) is 7.26. The van der Waals surface area contributed by atoms with Crippen molar-refractivity contribution < 1.29 is 9.53 Å². The summed E-state index contributed by atoms with van der Waals surface area (Å²) in [5.41, 5.74) is 0.726. The van der Waals surface area contributed by atoms with Gasteiger partial charge in [-0.25, -0.2) is 4.79 Å². The lowest BCUT2D eigenvalue weighted by molar-refractivity contribution is 0.111. The van der Waals surface area contributed by atoms with Crippen molar-refractivity contribution in [1.82, 2.24) is 4.90 Å². The first kappa shape index (κ1) is 13.9. The van der Waals surface area contributed by atoms with Crippen molar-refractivity contribution in [3.63, 3.8) is 0 Å². The lowest BCUT2D eigenvalue weighted by atomic mass is 9.93. The third-order valence-electron chi connectivity index (χ3n) is 2.54. The smallest absolute Gasteiger partial charge is 0.409 e. The van der Waals surface area contributed by atoms with E-state index in [1.165, 1.54) is 7.11 Å². The number of piperidine rings is 1. The summed E-state index contributed by atoms with van der Waals surface area (Å²) in [7, 11) is 1.40. The van der Waals surface area contributed by atoms with Crippen molar-refractivity contribution in [3.8, 4) is 0 Å². The van der Waals surface area contributed by atoms with Crippen LogP contribution in [-0.4, -0.2) is 36.9 Å². The molecule has 1 heterocycles. The maximum atomic E-state index is 11.1. The Kier molecular flexibility index (Phi) is 6.75. The highest BCUT2D eigenvalue weighted by Crippen LogP contribution is 2.18. The molecular weight excluding hydrogens is 192 g/mol. The first-order chi connectivity index (χ1) is 7.15. The van der Waals surface area contributed by atoms with E-state index in [1.54, 1.807) is 4.90 Å². The topological polar surface area (TPSA) is 53.4 Å². The van der Waals surface area contributed by atoms with E-state index in [-0.39, 0.29) is 6.09 Å². The van der Waals surface area contributed by atoms with Crippen LogP contribution in [-0.2, 0) is 4.74 Å². The van der Waals surface area contributed by atoms with Gasteiger partial charge in [-0.3, -0.25) is 0 Å². The standard InChI is InChI=1S/C9H16N2O2.C2H6/c1-7(10)8-3-5-11(6-4-8)9(12)13-2;1-2/h8,10H,3-6H2,1-2H3;1-2H3. The highest BCUT2D eigenvalue weighted by Gasteiger charge is 2.23. The zero-order valence-corrected chi connectivity index (χ0v) is 10.2. The fraction of sp³-hybridized carbons (Fsp3) is 0.818. The van der Waals surface area contributed by atoms with E-state index in [2.05, 4.69) is 4.74 Å². The SMILES string of the molecule is CC.COC(=O)N1CCC(C(C)=N)CC1. The summed E-state index contributed by atoms with van der Waals surface area (Å²) in [6, 6.07) is 0. The molecule has 0 atom stereocenters. The van der Waals surface area contributed by atoms with E-state index in [1.807, 2.05) is 20.8 Å². The number of carbonyl (C=O) groups is 1. The number of likely N-dealkylation sites (tertiary alicyclic amines) is 1. The van der Waals surface area contributed by atoms with Crippen LogP contribution in [0.5, 0.6) is 0 Å². The van der Waals surface area contributed by atoms with E-state index < -0.39 is 0 Å². The van der Waals surface area contributed by atoms with Gasteiger partial charge in [0.15, 0.2) is 0 Å². The van der Waals surface area contributed by atoms with Crippen LogP contribution in [0.25, 0.3) is 0 Å². The molecule has 4 nitrogen and oxygen atoms in total. The van der Waals surface area contributed by atoms with Gasteiger partial charge >= 0.3 is 6.09 Å². The van der Waals surface area contributed by atoms with Gasteiger partial charge < -0.3 is 15.0 Å². The zero-order valence-electron chi connectivity index (χ0n) is 10.2. The number of methoxy groups -OCH3 is 1. The summed E-state index contributed by atoms with van der Waals surface area (Å²) in [5.74, 6) is 0.362. The number of amides is 1. The van der Waals surface area contributed by atoms with Gasteiger partial charge in [-0.05, 0) is 25.7 Å². The van der Waals surface area contributed by atoms with Crippen LogP contribution in [0.3, 0.4) is 0 Å². The molecule has 0 aliphatic carbocycles. The summed E-state index contributed by atoms with van der Waals surface area (Å²) in [4.78, 5) is 12.8. The average molecular weight is 214 g/mol. The van der Waals surface area contributed by atoms with Gasteiger partial charge in [0, 0.05) is 18.8 Å². The highest BCUT2D eigenvalue weighted by atomic mass is 16.5. The Balaban J connectivity index is 0.000000921. The third-order valence-corrected chi connectivity index (χ3v) is 2.54. The molecule has 15 heavy (non-hydrogen) atoms. The van der Waals surface area contributed by atoms with Crippen LogP contribution in [0.4, 0.5) is 4.79 Å². The van der Waals surface area contributed by atoms with Crippen molar-refractivity contribution in [2.45, 2.75) is 33.6 Å². The van der Waals surface area contributed by atoms with Crippen molar-refractivity contribution in [3.05, 3.63) is 0 Å². The van der Waals surface area contributed by atoms with E-state index in [4.69, 9.17) is 5.41 Å². The number of hydrogen-bond donors (Lipinski definition) is 1. The van der Waals surface area contributed by atoms with Crippen molar-refractivity contribution in [2.24, 2.45) is 5.92 Å². The second-order valence-corrected chi connectivity index (χ2v) is 3.41. The molecule has 0 unspecified atom stereocenters. The van der Waals surface area contributed by atoms with Crippen molar-refractivity contribution in [1.29, 1.82) is 5.41 Å². The molecule has 88 valence electrons. The van der Waals surface area contributed by atoms with Gasteiger partial charge in [0.05, 0.1) is 7.11 Å². The quantitative estimate of drug-likeness (QED) is 0.682. The summed E-state index contributed by atoms with van der Waals surface area (Å²) in [6.45, 7) is 7.26. The van der Waals surface area contributed by atoms with E-state index in [0.29, 0.717) is 19.0 Å². The second-order valence-electron chi connectivity index (χ2n) is 3.41. The lowest BCUT2D eigenvalue weighted by Gasteiger charge is -2.30. The largest absolute Gasteiger partial charge is 0.453 e. The Hall–Kier alpha value is -1.06. The molecular formula is C11H22N2O2. The van der Waals surface area contributed by atoms with Crippen LogP contribution in [0, 0.1) is 11.3 Å². The van der Waals surface area contributed by atoms with Gasteiger partial charge in [0.25, 0.3) is 0 Å². The van der Waals surface area contributed by atoms with Crippen LogP contribution < -0.4 is 0 Å². The number of hydrogen-bond acceptors (Lipinski definition) is 3. The predicted octanol–water partition coefficient (Wildman–Crippen LogP) is 2.53. The minimum Gasteiger partial charge on any atom is -0.453 e. The number of nitrogens with zero attached hydrogens (tertiary/aromatic N) is 1. The Labute approximate surface area is 92.1 Å². The van der Waals surface area contributed by atoms with E-state index in [9.17, 15) is 4.79 Å². The molecule has 1 fully saturated rings.